The average Bonchev–Trinajstić information content (AvgIpc) is 2.49. The normalized spacial score (nSPS) is 14.7. The summed E-state index contributed by atoms with van der Waals surface area (Å²) in [4.78, 5) is 23.1. The molecule has 0 saturated heterocycles. The summed E-state index contributed by atoms with van der Waals surface area (Å²) in [5.41, 5.74) is 0.0890. The van der Waals surface area contributed by atoms with Gasteiger partial charge in [0.05, 0.1) is 5.56 Å². The fourth-order valence-electron chi connectivity index (χ4n) is 2.70. The number of hydrogen-bond donors (Lipinski definition) is 0. The molecule has 0 aliphatic carbocycles. The molecule has 1 aliphatic heterocycles. The van der Waals surface area contributed by atoms with Crippen LogP contribution in [0.25, 0.3) is 16.8 Å². The van der Waals surface area contributed by atoms with Crippen LogP contribution in [0.2, 0.25) is 0 Å². The Morgan fingerprint density at radius 3 is 2.17 bits per heavy atom. The highest BCUT2D eigenvalue weighted by Gasteiger charge is 2.30. The van der Waals surface area contributed by atoms with Crippen LogP contribution in [0.3, 0.4) is 0 Å². The van der Waals surface area contributed by atoms with Crippen molar-refractivity contribution in [3.05, 3.63) is 35.9 Å². The van der Waals surface area contributed by atoms with Gasteiger partial charge in [0.2, 0.25) is 0 Å². The van der Waals surface area contributed by atoms with Gasteiger partial charge < -0.3 is 14.2 Å². The van der Waals surface area contributed by atoms with Gasteiger partial charge in [-0.25, -0.2) is 0 Å². The van der Waals surface area contributed by atoms with E-state index in [9.17, 15) is 9.59 Å². The molecule has 1 aliphatic rings. The lowest BCUT2D eigenvalue weighted by atomic mass is 9.97. The molecule has 0 spiro atoms. The Labute approximate surface area is 139 Å². The smallest absolute Gasteiger partial charge is 0.308 e. The summed E-state index contributed by atoms with van der Waals surface area (Å²) in [6.07, 6.45) is 3.70. The Bertz CT molecular complexity index is 877. The molecule has 2 aromatic carbocycles. The third kappa shape index (κ3) is 2.85. The van der Waals surface area contributed by atoms with Crippen LogP contribution in [-0.4, -0.2) is 17.5 Å². The van der Waals surface area contributed by atoms with Crippen molar-refractivity contribution >= 4 is 28.8 Å². The molecule has 5 heteroatoms. The van der Waals surface area contributed by atoms with Crippen LogP contribution in [0, 0.1) is 0 Å². The second-order valence-electron chi connectivity index (χ2n) is 6.17. The van der Waals surface area contributed by atoms with Gasteiger partial charge in [0.1, 0.15) is 11.4 Å². The third-order valence-corrected chi connectivity index (χ3v) is 3.62. The Morgan fingerprint density at radius 1 is 0.958 bits per heavy atom. The van der Waals surface area contributed by atoms with Gasteiger partial charge in [-0.1, -0.05) is 24.3 Å². The molecular formula is C19H18O5. The van der Waals surface area contributed by atoms with Crippen molar-refractivity contribution in [3.8, 4) is 17.2 Å². The molecule has 0 aromatic heterocycles. The standard InChI is InChI=1S/C19H18O5/c1-11(20)22-17-14-8-6-5-7-13(14)16-15(18(17)23-12(2)21)9-10-19(3,4)24-16/h5-10H,1-4H3. The predicted molar refractivity (Wildman–Crippen MR) is 90.3 cm³/mol. The molecule has 0 fully saturated rings. The lowest BCUT2D eigenvalue weighted by molar-refractivity contribution is -0.134. The Balaban J connectivity index is 2.39. The summed E-state index contributed by atoms with van der Waals surface area (Å²) in [6, 6.07) is 7.38. The van der Waals surface area contributed by atoms with Gasteiger partial charge in [0, 0.05) is 24.6 Å². The number of hydrogen-bond acceptors (Lipinski definition) is 5. The van der Waals surface area contributed by atoms with Crippen LogP contribution in [0.1, 0.15) is 33.3 Å². The van der Waals surface area contributed by atoms with Crippen LogP contribution >= 0.6 is 0 Å². The Kier molecular flexibility index (Phi) is 3.79. The summed E-state index contributed by atoms with van der Waals surface area (Å²) in [7, 11) is 0. The molecule has 0 radical (unpaired) electrons. The maximum absolute atomic E-state index is 11.6. The molecule has 0 atom stereocenters. The van der Waals surface area contributed by atoms with E-state index in [4.69, 9.17) is 14.2 Å². The molecule has 1 heterocycles. The largest absolute Gasteiger partial charge is 0.482 e. The molecule has 124 valence electrons. The minimum Gasteiger partial charge on any atom is -0.482 e. The second-order valence-corrected chi connectivity index (χ2v) is 6.17. The van der Waals surface area contributed by atoms with Crippen molar-refractivity contribution in [1.82, 2.24) is 0 Å². The molecule has 24 heavy (non-hydrogen) atoms. The van der Waals surface area contributed by atoms with Crippen molar-refractivity contribution in [2.45, 2.75) is 33.3 Å². The number of benzene rings is 2. The lowest BCUT2D eigenvalue weighted by Gasteiger charge is -2.30. The van der Waals surface area contributed by atoms with E-state index >= 15 is 0 Å². The summed E-state index contributed by atoms with van der Waals surface area (Å²) < 4.78 is 16.8. The van der Waals surface area contributed by atoms with Crippen LogP contribution < -0.4 is 14.2 Å². The number of carbonyl (C=O) groups excluding carboxylic acids is 2. The predicted octanol–water partition coefficient (Wildman–Crippen LogP) is 3.87. The zero-order valence-corrected chi connectivity index (χ0v) is 14.0. The fourth-order valence-corrected chi connectivity index (χ4v) is 2.70. The number of ether oxygens (including phenoxy) is 3. The topological polar surface area (TPSA) is 61.8 Å². The number of esters is 2. The summed E-state index contributed by atoms with van der Waals surface area (Å²) in [6.45, 7) is 6.48. The van der Waals surface area contributed by atoms with Crippen molar-refractivity contribution in [2.75, 3.05) is 0 Å². The monoisotopic (exact) mass is 326 g/mol. The minimum absolute atomic E-state index is 0.193. The Morgan fingerprint density at radius 2 is 1.54 bits per heavy atom. The summed E-state index contributed by atoms with van der Waals surface area (Å²) in [5, 5.41) is 1.44. The van der Waals surface area contributed by atoms with Gasteiger partial charge in [-0.3, -0.25) is 9.59 Å². The van der Waals surface area contributed by atoms with Crippen molar-refractivity contribution in [3.63, 3.8) is 0 Å². The quantitative estimate of drug-likeness (QED) is 0.619. The molecule has 2 aromatic rings. The maximum atomic E-state index is 11.6. The molecule has 5 nitrogen and oxygen atoms in total. The van der Waals surface area contributed by atoms with Crippen LogP contribution in [0.5, 0.6) is 17.2 Å². The molecule has 0 unspecified atom stereocenters. The fraction of sp³-hybridized carbons (Fsp3) is 0.263. The highest BCUT2D eigenvalue weighted by Crippen LogP contribution is 2.49. The van der Waals surface area contributed by atoms with E-state index in [1.165, 1.54) is 13.8 Å². The Hall–Kier alpha value is -2.82. The summed E-state index contributed by atoms with van der Waals surface area (Å²) in [5.74, 6) is 0.0251. The first-order chi connectivity index (χ1) is 11.3. The molecule has 0 N–H and O–H groups in total. The van der Waals surface area contributed by atoms with Crippen molar-refractivity contribution in [2.24, 2.45) is 0 Å². The first-order valence-corrected chi connectivity index (χ1v) is 7.62. The molecular weight excluding hydrogens is 308 g/mol. The average molecular weight is 326 g/mol. The van der Waals surface area contributed by atoms with Crippen molar-refractivity contribution in [1.29, 1.82) is 0 Å². The van der Waals surface area contributed by atoms with E-state index in [0.29, 0.717) is 16.7 Å². The van der Waals surface area contributed by atoms with E-state index in [1.807, 2.05) is 44.2 Å². The van der Waals surface area contributed by atoms with E-state index < -0.39 is 17.5 Å². The zero-order chi connectivity index (χ0) is 17.5. The van der Waals surface area contributed by atoms with Crippen LogP contribution in [0.15, 0.2) is 30.3 Å². The highest BCUT2D eigenvalue weighted by atomic mass is 16.6. The zero-order valence-electron chi connectivity index (χ0n) is 14.0. The second kappa shape index (κ2) is 5.67. The highest BCUT2D eigenvalue weighted by molar-refractivity contribution is 6.02. The van der Waals surface area contributed by atoms with E-state index in [2.05, 4.69) is 0 Å². The van der Waals surface area contributed by atoms with Gasteiger partial charge in [-0.15, -0.1) is 0 Å². The van der Waals surface area contributed by atoms with Gasteiger partial charge in [0.15, 0.2) is 11.5 Å². The van der Waals surface area contributed by atoms with Gasteiger partial charge in [-0.2, -0.15) is 0 Å². The van der Waals surface area contributed by atoms with E-state index in [0.717, 1.165) is 5.39 Å². The molecule has 0 amide bonds. The number of rotatable bonds is 2. The van der Waals surface area contributed by atoms with Gasteiger partial charge >= 0.3 is 11.9 Å². The summed E-state index contributed by atoms with van der Waals surface area (Å²) >= 11 is 0. The SMILES string of the molecule is CC(=O)Oc1c2c(c3ccccc3c1OC(C)=O)OC(C)(C)C=C2. The maximum Gasteiger partial charge on any atom is 0.308 e. The minimum atomic E-state index is -0.501. The van der Waals surface area contributed by atoms with E-state index in [1.54, 1.807) is 6.07 Å². The molecule has 0 saturated carbocycles. The van der Waals surface area contributed by atoms with Crippen LogP contribution in [0.4, 0.5) is 0 Å². The van der Waals surface area contributed by atoms with E-state index in [-0.39, 0.29) is 11.5 Å². The number of carbonyl (C=O) groups is 2. The van der Waals surface area contributed by atoms with Crippen molar-refractivity contribution < 1.29 is 23.8 Å². The molecule has 0 bridgehead atoms. The number of fused-ring (bicyclic) bond motifs is 3. The first-order valence-electron chi connectivity index (χ1n) is 7.62. The lowest BCUT2D eigenvalue weighted by Crippen LogP contribution is -2.28. The van der Waals surface area contributed by atoms with Gasteiger partial charge in [0.25, 0.3) is 0 Å². The van der Waals surface area contributed by atoms with Crippen LogP contribution in [-0.2, 0) is 9.59 Å². The van der Waals surface area contributed by atoms with Gasteiger partial charge in [-0.05, 0) is 26.0 Å². The first kappa shape index (κ1) is 16.1. The molecule has 3 rings (SSSR count). The third-order valence-electron chi connectivity index (χ3n) is 3.62.